The molecular weight excluding hydrogens is 584 g/mol. The molecule has 0 radical (unpaired) electrons. The second kappa shape index (κ2) is 8.67. The highest BCUT2D eigenvalue weighted by atomic mass is 16.7. The van der Waals surface area contributed by atoms with E-state index in [1.54, 1.807) is 39.8 Å². The average Bonchev–Trinajstić information content (AvgIpc) is 3.42. The Morgan fingerprint density at radius 1 is 0.800 bits per heavy atom. The van der Waals surface area contributed by atoms with Crippen molar-refractivity contribution in [3.63, 3.8) is 0 Å². The Labute approximate surface area is 259 Å². The Balaban J connectivity index is 1.34. The maximum absolute atomic E-state index is 14.3. The highest BCUT2D eigenvalue weighted by Crippen LogP contribution is 2.67. The number of rotatable bonds is 4. The number of benzene rings is 1. The molecule has 4 heterocycles. The summed E-state index contributed by atoms with van der Waals surface area (Å²) in [5.74, 6) is -2.22. The molecule has 0 unspecified atom stereocenters. The SMILES string of the molecule is Cc1cc(=O)oc2c3c(ccc12)O[C@H](C)[C@@H](OC(=O)[C@]12CC[C@](C)(C(=O)O1)C2(C)C)[C@H]3OC(=O)[C@]12CC[C@](C)(C(=O)O1)C2(C)C. The van der Waals surface area contributed by atoms with Gasteiger partial charge in [0.25, 0.3) is 0 Å². The maximum Gasteiger partial charge on any atom is 0.351 e. The van der Waals surface area contributed by atoms with E-state index in [2.05, 4.69) is 0 Å². The van der Waals surface area contributed by atoms with E-state index in [-0.39, 0.29) is 29.7 Å². The predicted octanol–water partition coefficient (Wildman–Crippen LogP) is 4.62. The molecule has 240 valence electrons. The third kappa shape index (κ3) is 3.29. The van der Waals surface area contributed by atoms with Gasteiger partial charge in [-0.3, -0.25) is 9.59 Å². The minimum atomic E-state index is -1.58. The molecule has 5 aliphatic rings. The van der Waals surface area contributed by atoms with Crippen LogP contribution < -0.4 is 10.4 Å². The summed E-state index contributed by atoms with van der Waals surface area (Å²) < 4.78 is 36.0. The van der Waals surface area contributed by atoms with Crippen LogP contribution in [0.15, 0.2) is 27.4 Å². The lowest BCUT2D eigenvalue weighted by molar-refractivity contribution is -0.209. The number of ether oxygens (including phenoxy) is 5. The molecule has 11 heteroatoms. The standard InChI is InChI=1S/C34H38O11/c1-16-15-20(35)41-23-18(16)9-10-19-21(23)24(43-28(39)34-14-12-32(8,26(37)45-34)30(34,5)6)22(17(2)40-19)42-27(38)33-13-11-31(7,25(36)44-33)29(33,3)4/h9-10,15,17,22,24H,11-14H2,1-8H3/t17-,22-,24+,31-,32-,33+,34+/m1/s1. The summed E-state index contributed by atoms with van der Waals surface area (Å²) >= 11 is 0. The molecular formula is C34H38O11. The molecule has 3 aliphatic heterocycles. The summed E-state index contributed by atoms with van der Waals surface area (Å²) in [6.07, 6.45) is -2.00. The smallest absolute Gasteiger partial charge is 0.351 e. The van der Waals surface area contributed by atoms with Crippen molar-refractivity contribution in [3.05, 3.63) is 39.7 Å². The first kappa shape index (κ1) is 29.8. The minimum absolute atomic E-state index is 0.124. The third-order valence-electron chi connectivity index (χ3n) is 12.8. The first-order valence-electron chi connectivity index (χ1n) is 15.5. The highest BCUT2D eigenvalue weighted by molar-refractivity contribution is 5.95. The first-order chi connectivity index (χ1) is 20.9. The molecule has 2 saturated heterocycles. The van der Waals surface area contributed by atoms with E-state index < -0.39 is 80.7 Å². The van der Waals surface area contributed by atoms with E-state index >= 15 is 0 Å². The summed E-state index contributed by atoms with van der Waals surface area (Å²) in [5, 5.41) is 0.577. The quantitative estimate of drug-likeness (QED) is 0.267. The molecule has 7 atom stereocenters. The maximum atomic E-state index is 14.3. The van der Waals surface area contributed by atoms with Crippen LogP contribution in [0.3, 0.4) is 0 Å². The molecule has 2 aromatic rings. The molecule has 0 spiro atoms. The molecule has 45 heavy (non-hydrogen) atoms. The van der Waals surface area contributed by atoms with Crippen molar-refractivity contribution in [1.29, 1.82) is 0 Å². The third-order valence-corrected chi connectivity index (χ3v) is 12.8. The summed E-state index contributed by atoms with van der Waals surface area (Å²) in [5.41, 5.74) is -6.33. The number of carbonyl (C=O) groups is 4. The number of fused-ring (bicyclic) bond motifs is 7. The van der Waals surface area contributed by atoms with E-state index in [0.29, 0.717) is 23.8 Å². The van der Waals surface area contributed by atoms with Gasteiger partial charge in [0.1, 0.15) is 17.4 Å². The Hall–Kier alpha value is -3.89. The van der Waals surface area contributed by atoms with Crippen LogP contribution in [0.5, 0.6) is 5.75 Å². The van der Waals surface area contributed by atoms with Crippen LogP contribution in [0.25, 0.3) is 11.0 Å². The van der Waals surface area contributed by atoms with Gasteiger partial charge < -0.3 is 28.1 Å². The number of aryl methyl sites for hydroxylation is 1. The Kier molecular flexibility index (Phi) is 5.74. The molecule has 7 rings (SSSR count). The van der Waals surface area contributed by atoms with Crippen LogP contribution >= 0.6 is 0 Å². The molecule has 11 nitrogen and oxygen atoms in total. The van der Waals surface area contributed by atoms with Crippen LogP contribution in [0.2, 0.25) is 0 Å². The number of hydrogen-bond acceptors (Lipinski definition) is 11. The zero-order valence-electron chi connectivity index (χ0n) is 26.8. The van der Waals surface area contributed by atoms with Crippen molar-refractivity contribution in [2.24, 2.45) is 21.7 Å². The zero-order chi connectivity index (χ0) is 32.7. The lowest BCUT2D eigenvalue weighted by atomic mass is 9.66. The van der Waals surface area contributed by atoms with Gasteiger partial charge in [0.15, 0.2) is 12.2 Å². The molecule has 1 aromatic carbocycles. The largest absolute Gasteiger partial charge is 0.486 e. The fraction of sp³-hybridized carbons (Fsp3) is 0.618. The van der Waals surface area contributed by atoms with Crippen LogP contribution in [0, 0.1) is 28.6 Å². The van der Waals surface area contributed by atoms with Gasteiger partial charge in [0.2, 0.25) is 11.2 Å². The average molecular weight is 623 g/mol. The Morgan fingerprint density at radius 2 is 1.33 bits per heavy atom. The second-order valence-electron chi connectivity index (χ2n) is 15.0. The van der Waals surface area contributed by atoms with Gasteiger partial charge in [-0.15, -0.1) is 0 Å². The Bertz CT molecular complexity index is 1790. The van der Waals surface area contributed by atoms with E-state index in [0.717, 1.165) is 0 Å². The van der Waals surface area contributed by atoms with Crippen LogP contribution in [0.4, 0.5) is 0 Å². The topological polar surface area (TPSA) is 145 Å². The van der Waals surface area contributed by atoms with Crippen molar-refractivity contribution < 1.29 is 47.3 Å². The van der Waals surface area contributed by atoms with Crippen molar-refractivity contribution >= 4 is 34.8 Å². The van der Waals surface area contributed by atoms with Crippen molar-refractivity contribution in [2.45, 2.75) is 111 Å². The predicted molar refractivity (Wildman–Crippen MR) is 156 cm³/mol. The Morgan fingerprint density at radius 3 is 1.82 bits per heavy atom. The summed E-state index contributed by atoms with van der Waals surface area (Å²) in [7, 11) is 0. The molecule has 1 aromatic heterocycles. The lowest BCUT2D eigenvalue weighted by Gasteiger charge is -2.42. The van der Waals surface area contributed by atoms with Crippen molar-refractivity contribution in [1.82, 2.24) is 0 Å². The summed E-state index contributed by atoms with van der Waals surface area (Å²) in [6, 6.07) is 4.78. The fourth-order valence-corrected chi connectivity index (χ4v) is 8.55. The fourth-order valence-electron chi connectivity index (χ4n) is 8.55. The zero-order valence-corrected chi connectivity index (χ0v) is 26.8. The van der Waals surface area contributed by atoms with Crippen LogP contribution in [-0.2, 0) is 38.1 Å². The summed E-state index contributed by atoms with van der Waals surface area (Å²) in [4.78, 5) is 67.1. The number of hydrogen-bond donors (Lipinski definition) is 0. The number of esters is 4. The van der Waals surface area contributed by atoms with Gasteiger partial charge in [-0.05, 0) is 71.1 Å². The van der Waals surface area contributed by atoms with E-state index in [1.165, 1.54) is 6.07 Å². The van der Waals surface area contributed by atoms with Gasteiger partial charge >= 0.3 is 29.5 Å². The second-order valence-corrected chi connectivity index (χ2v) is 15.0. The summed E-state index contributed by atoms with van der Waals surface area (Å²) in [6.45, 7) is 14.3. The monoisotopic (exact) mass is 622 g/mol. The van der Waals surface area contributed by atoms with Gasteiger partial charge in [-0.25, -0.2) is 14.4 Å². The van der Waals surface area contributed by atoms with Crippen LogP contribution in [0.1, 0.15) is 91.4 Å². The van der Waals surface area contributed by atoms with Crippen molar-refractivity contribution in [2.75, 3.05) is 0 Å². The van der Waals surface area contributed by atoms with E-state index in [4.69, 9.17) is 28.1 Å². The van der Waals surface area contributed by atoms with E-state index in [9.17, 15) is 24.0 Å². The number of carbonyl (C=O) groups excluding carboxylic acids is 4. The normalized spacial score (nSPS) is 38.4. The minimum Gasteiger partial charge on any atom is -0.486 e. The molecule has 4 bridgehead atoms. The van der Waals surface area contributed by atoms with Crippen LogP contribution in [-0.4, -0.2) is 47.3 Å². The van der Waals surface area contributed by atoms with Gasteiger partial charge in [0, 0.05) is 22.3 Å². The van der Waals surface area contributed by atoms with Crippen molar-refractivity contribution in [3.8, 4) is 5.75 Å². The van der Waals surface area contributed by atoms with Gasteiger partial charge in [-0.2, -0.15) is 0 Å². The molecule has 4 fully saturated rings. The lowest BCUT2D eigenvalue weighted by Crippen LogP contribution is -2.54. The molecule has 0 N–H and O–H groups in total. The molecule has 2 aliphatic carbocycles. The van der Waals surface area contributed by atoms with E-state index in [1.807, 2.05) is 27.7 Å². The molecule has 0 amide bonds. The first-order valence-corrected chi connectivity index (χ1v) is 15.5. The van der Waals surface area contributed by atoms with Gasteiger partial charge in [-0.1, -0.05) is 27.7 Å². The van der Waals surface area contributed by atoms with Gasteiger partial charge in [0.05, 0.1) is 16.4 Å². The molecule has 2 saturated carbocycles. The highest BCUT2D eigenvalue weighted by Gasteiger charge is 2.78.